The quantitative estimate of drug-likeness (QED) is 0.887. The number of halogens is 1. The number of hydrogen-bond acceptors (Lipinski definition) is 1. The molecular weight excluding hydrogens is 241 g/mol. The van der Waals surface area contributed by atoms with E-state index in [1.807, 2.05) is 6.07 Å². The Labute approximate surface area is 114 Å². The van der Waals surface area contributed by atoms with Crippen molar-refractivity contribution >= 4 is 5.91 Å². The predicted molar refractivity (Wildman–Crippen MR) is 74.2 cm³/mol. The number of amides is 1. The molecule has 1 heterocycles. The fraction of sp³-hybridized carbons (Fsp3) is 0.562. The van der Waals surface area contributed by atoms with E-state index < -0.39 is 0 Å². The normalized spacial score (nSPS) is 26.8. The third kappa shape index (κ3) is 3.34. The summed E-state index contributed by atoms with van der Waals surface area (Å²) in [4.78, 5) is 11.7. The van der Waals surface area contributed by atoms with Gasteiger partial charge in [-0.2, -0.15) is 0 Å². The van der Waals surface area contributed by atoms with Gasteiger partial charge < -0.3 is 5.32 Å². The molecule has 1 fully saturated rings. The zero-order chi connectivity index (χ0) is 14.0. The Hall–Kier alpha value is -1.38. The minimum atomic E-state index is -0.209. The van der Waals surface area contributed by atoms with Crippen molar-refractivity contribution in [3.8, 4) is 0 Å². The maximum absolute atomic E-state index is 13.3. The first-order valence-electron chi connectivity index (χ1n) is 6.93. The first-order chi connectivity index (χ1) is 8.89. The molecule has 1 aromatic carbocycles. The van der Waals surface area contributed by atoms with Gasteiger partial charge in [-0.25, -0.2) is 4.39 Å². The lowest BCUT2D eigenvalue weighted by Crippen LogP contribution is -2.37. The Morgan fingerprint density at radius 1 is 1.47 bits per heavy atom. The smallest absolute Gasteiger partial charge is 0.220 e. The third-order valence-electron chi connectivity index (χ3n) is 3.94. The van der Waals surface area contributed by atoms with Crippen molar-refractivity contribution < 1.29 is 9.18 Å². The van der Waals surface area contributed by atoms with E-state index in [4.69, 9.17) is 0 Å². The van der Waals surface area contributed by atoms with Crippen LogP contribution in [0.3, 0.4) is 0 Å². The average molecular weight is 263 g/mol. The SMILES string of the molecule is CC(C)CC1NC(=O)CC1(C)Cc1cccc(F)c1. The molecular formula is C16H22FNO. The minimum absolute atomic E-state index is 0.115. The molecule has 0 radical (unpaired) electrons. The summed E-state index contributed by atoms with van der Waals surface area (Å²) in [6.45, 7) is 6.45. The van der Waals surface area contributed by atoms with E-state index >= 15 is 0 Å². The largest absolute Gasteiger partial charge is 0.353 e. The van der Waals surface area contributed by atoms with Crippen molar-refractivity contribution in [2.24, 2.45) is 11.3 Å². The molecule has 0 aromatic heterocycles. The van der Waals surface area contributed by atoms with Gasteiger partial charge in [0.15, 0.2) is 0 Å². The summed E-state index contributed by atoms with van der Waals surface area (Å²) < 4.78 is 13.3. The fourth-order valence-corrected chi connectivity index (χ4v) is 3.02. The van der Waals surface area contributed by atoms with Gasteiger partial charge in [-0.1, -0.05) is 32.9 Å². The molecule has 19 heavy (non-hydrogen) atoms. The molecule has 104 valence electrons. The Morgan fingerprint density at radius 2 is 2.21 bits per heavy atom. The lowest BCUT2D eigenvalue weighted by atomic mass is 9.74. The minimum Gasteiger partial charge on any atom is -0.353 e. The number of nitrogens with one attached hydrogen (secondary N) is 1. The van der Waals surface area contributed by atoms with Crippen LogP contribution >= 0.6 is 0 Å². The van der Waals surface area contributed by atoms with Crippen LogP contribution < -0.4 is 5.32 Å². The Morgan fingerprint density at radius 3 is 2.84 bits per heavy atom. The molecule has 0 spiro atoms. The van der Waals surface area contributed by atoms with Gasteiger partial charge in [0.05, 0.1) is 0 Å². The Bertz CT molecular complexity index is 472. The van der Waals surface area contributed by atoms with Crippen LogP contribution in [0.25, 0.3) is 0 Å². The van der Waals surface area contributed by atoms with E-state index in [9.17, 15) is 9.18 Å². The number of rotatable bonds is 4. The Kier molecular flexibility index (Phi) is 3.93. The first-order valence-corrected chi connectivity index (χ1v) is 6.93. The van der Waals surface area contributed by atoms with Gasteiger partial charge in [-0.05, 0) is 36.5 Å². The van der Waals surface area contributed by atoms with E-state index in [-0.39, 0.29) is 23.2 Å². The average Bonchev–Trinajstić information content (AvgIpc) is 2.52. The molecule has 2 unspecified atom stereocenters. The van der Waals surface area contributed by atoms with Gasteiger partial charge in [0, 0.05) is 17.9 Å². The van der Waals surface area contributed by atoms with Crippen LogP contribution in [0.4, 0.5) is 4.39 Å². The molecule has 1 aromatic rings. The highest BCUT2D eigenvalue weighted by Gasteiger charge is 2.42. The number of benzene rings is 1. The molecule has 2 nitrogen and oxygen atoms in total. The summed E-state index contributed by atoms with van der Waals surface area (Å²) in [5.74, 6) is 0.443. The topological polar surface area (TPSA) is 29.1 Å². The van der Waals surface area contributed by atoms with E-state index in [0.29, 0.717) is 12.3 Å². The van der Waals surface area contributed by atoms with Gasteiger partial charge >= 0.3 is 0 Å². The second-order valence-corrected chi connectivity index (χ2v) is 6.39. The molecule has 0 saturated carbocycles. The van der Waals surface area contributed by atoms with Crippen molar-refractivity contribution in [1.29, 1.82) is 0 Å². The highest BCUT2D eigenvalue weighted by atomic mass is 19.1. The van der Waals surface area contributed by atoms with Crippen LogP contribution in [0, 0.1) is 17.2 Å². The summed E-state index contributed by atoms with van der Waals surface area (Å²) in [6, 6.07) is 6.87. The second-order valence-electron chi connectivity index (χ2n) is 6.39. The van der Waals surface area contributed by atoms with Gasteiger partial charge in [0.1, 0.15) is 5.82 Å². The van der Waals surface area contributed by atoms with Crippen LogP contribution in [-0.2, 0) is 11.2 Å². The van der Waals surface area contributed by atoms with Crippen LogP contribution in [0.1, 0.15) is 39.2 Å². The maximum Gasteiger partial charge on any atom is 0.220 e. The molecule has 0 aliphatic carbocycles. The summed E-state index contributed by atoms with van der Waals surface area (Å²) in [5.41, 5.74) is 0.850. The number of hydrogen-bond donors (Lipinski definition) is 1. The monoisotopic (exact) mass is 263 g/mol. The van der Waals surface area contributed by atoms with Crippen molar-refractivity contribution in [2.75, 3.05) is 0 Å². The highest BCUT2D eigenvalue weighted by Crippen LogP contribution is 2.38. The summed E-state index contributed by atoms with van der Waals surface area (Å²) in [5, 5.41) is 3.08. The number of carbonyl (C=O) groups excluding carboxylic acids is 1. The zero-order valence-electron chi connectivity index (χ0n) is 11.9. The van der Waals surface area contributed by atoms with E-state index in [1.54, 1.807) is 12.1 Å². The lowest BCUT2D eigenvalue weighted by Gasteiger charge is -2.31. The summed E-state index contributed by atoms with van der Waals surface area (Å²) >= 11 is 0. The second kappa shape index (κ2) is 5.32. The van der Waals surface area contributed by atoms with Crippen LogP contribution in [0.15, 0.2) is 24.3 Å². The van der Waals surface area contributed by atoms with E-state index in [0.717, 1.165) is 18.4 Å². The molecule has 2 rings (SSSR count). The molecule has 3 heteroatoms. The number of carbonyl (C=O) groups is 1. The summed E-state index contributed by atoms with van der Waals surface area (Å²) in [6.07, 6.45) is 2.24. The van der Waals surface area contributed by atoms with Gasteiger partial charge in [-0.15, -0.1) is 0 Å². The van der Waals surface area contributed by atoms with E-state index in [1.165, 1.54) is 6.07 Å². The molecule has 1 aliphatic rings. The first kappa shape index (κ1) is 14.0. The molecule has 1 saturated heterocycles. The predicted octanol–water partition coefficient (Wildman–Crippen LogP) is 3.31. The third-order valence-corrected chi connectivity index (χ3v) is 3.94. The molecule has 1 N–H and O–H groups in total. The van der Waals surface area contributed by atoms with E-state index in [2.05, 4.69) is 26.1 Å². The van der Waals surface area contributed by atoms with Crippen molar-refractivity contribution in [3.63, 3.8) is 0 Å². The molecule has 1 amide bonds. The maximum atomic E-state index is 13.3. The standard InChI is InChI=1S/C16H22FNO/c1-11(2)7-14-16(3,10-15(19)18-14)9-12-5-4-6-13(17)8-12/h4-6,8,11,14H,7,9-10H2,1-3H3,(H,18,19). The van der Waals surface area contributed by atoms with Crippen LogP contribution in [-0.4, -0.2) is 11.9 Å². The van der Waals surface area contributed by atoms with Gasteiger partial charge in [0.25, 0.3) is 0 Å². The van der Waals surface area contributed by atoms with Crippen molar-refractivity contribution in [3.05, 3.63) is 35.6 Å². The van der Waals surface area contributed by atoms with Crippen molar-refractivity contribution in [1.82, 2.24) is 5.32 Å². The highest BCUT2D eigenvalue weighted by molar-refractivity contribution is 5.80. The zero-order valence-corrected chi connectivity index (χ0v) is 11.9. The molecule has 1 aliphatic heterocycles. The van der Waals surface area contributed by atoms with Crippen LogP contribution in [0.2, 0.25) is 0 Å². The van der Waals surface area contributed by atoms with Gasteiger partial charge in [-0.3, -0.25) is 4.79 Å². The summed E-state index contributed by atoms with van der Waals surface area (Å²) in [7, 11) is 0. The Balaban J connectivity index is 2.17. The lowest BCUT2D eigenvalue weighted by molar-refractivity contribution is -0.119. The van der Waals surface area contributed by atoms with Gasteiger partial charge in [0.2, 0.25) is 5.91 Å². The molecule has 0 bridgehead atoms. The molecule has 2 atom stereocenters. The van der Waals surface area contributed by atoms with Crippen molar-refractivity contribution in [2.45, 2.75) is 46.1 Å². The van der Waals surface area contributed by atoms with Crippen LogP contribution in [0.5, 0.6) is 0 Å². The fourth-order valence-electron chi connectivity index (χ4n) is 3.02.